The molecule has 2 heterocycles. The van der Waals surface area contributed by atoms with Gasteiger partial charge in [-0.05, 0) is 39.1 Å². The van der Waals surface area contributed by atoms with Gasteiger partial charge < -0.3 is 9.64 Å². The lowest BCUT2D eigenvalue weighted by Crippen LogP contribution is -2.16. The molecule has 0 N–H and O–H groups in total. The fourth-order valence-electron chi connectivity index (χ4n) is 2.20. The zero-order valence-electron chi connectivity index (χ0n) is 10.4. The van der Waals surface area contributed by atoms with E-state index in [4.69, 9.17) is 4.74 Å². The zero-order chi connectivity index (χ0) is 11.5. The van der Waals surface area contributed by atoms with Crippen molar-refractivity contribution in [1.29, 1.82) is 0 Å². The van der Waals surface area contributed by atoms with Crippen LogP contribution in [0.1, 0.15) is 29.3 Å². The van der Waals surface area contributed by atoms with Gasteiger partial charge in [-0.25, -0.2) is 0 Å². The lowest BCUT2D eigenvalue weighted by molar-refractivity contribution is 0.193. The van der Waals surface area contributed by atoms with Gasteiger partial charge in [0.2, 0.25) is 0 Å². The lowest BCUT2D eigenvalue weighted by atomic mass is 9.96. The maximum absolute atomic E-state index is 5.46. The molecule has 1 aromatic rings. The van der Waals surface area contributed by atoms with Crippen LogP contribution in [0.3, 0.4) is 0 Å². The number of aromatic nitrogens is 1. The predicted octanol–water partition coefficient (Wildman–Crippen LogP) is 1.96. The third kappa shape index (κ3) is 2.60. The first-order valence-electron chi connectivity index (χ1n) is 5.85. The molecule has 3 heteroatoms. The Morgan fingerprint density at radius 1 is 1.44 bits per heavy atom. The predicted molar refractivity (Wildman–Crippen MR) is 64.5 cm³/mol. The molecule has 0 radical (unpaired) electrons. The van der Waals surface area contributed by atoms with Gasteiger partial charge in [-0.2, -0.15) is 0 Å². The monoisotopic (exact) mass is 220 g/mol. The highest BCUT2D eigenvalue weighted by Gasteiger charge is 2.21. The van der Waals surface area contributed by atoms with Gasteiger partial charge in [-0.1, -0.05) is 6.07 Å². The first-order valence-corrected chi connectivity index (χ1v) is 5.85. The van der Waals surface area contributed by atoms with E-state index in [1.807, 2.05) is 6.92 Å². The van der Waals surface area contributed by atoms with Crippen LogP contribution in [0, 0.1) is 6.92 Å². The standard InChI is InChI=1S/C13H20N2O/c1-10-4-5-12(11-6-7-16-9-11)13(14-10)8-15(2)3/h4-5,11H,6-9H2,1-3H3/t11-/m1/s1. The van der Waals surface area contributed by atoms with Gasteiger partial charge in [0.15, 0.2) is 0 Å². The quantitative estimate of drug-likeness (QED) is 0.778. The number of rotatable bonds is 3. The first kappa shape index (κ1) is 11.6. The Balaban J connectivity index is 2.27. The van der Waals surface area contributed by atoms with E-state index in [9.17, 15) is 0 Å². The number of aryl methyl sites for hydroxylation is 1. The molecular formula is C13H20N2O. The summed E-state index contributed by atoms with van der Waals surface area (Å²) >= 11 is 0. The van der Waals surface area contributed by atoms with Gasteiger partial charge in [0, 0.05) is 24.8 Å². The van der Waals surface area contributed by atoms with Crippen LogP contribution in [0.15, 0.2) is 12.1 Å². The highest BCUT2D eigenvalue weighted by Crippen LogP contribution is 2.27. The first-order chi connectivity index (χ1) is 7.66. The molecule has 3 nitrogen and oxygen atoms in total. The SMILES string of the molecule is Cc1ccc([C@@H]2CCOC2)c(CN(C)C)n1. The number of hydrogen-bond donors (Lipinski definition) is 0. The molecule has 1 aromatic heterocycles. The van der Waals surface area contributed by atoms with Gasteiger partial charge in [0.05, 0.1) is 12.3 Å². The second-order valence-electron chi connectivity index (χ2n) is 4.79. The van der Waals surface area contributed by atoms with Gasteiger partial charge in [-0.3, -0.25) is 4.98 Å². The van der Waals surface area contributed by atoms with Crippen molar-refractivity contribution in [2.75, 3.05) is 27.3 Å². The Labute approximate surface area is 97.4 Å². The van der Waals surface area contributed by atoms with E-state index < -0.39 is 0 Å². The molecule has 2 rings (SSSR count). The van der Waals surface area contributed by atoms with E-state index in [2.05, 4.69) is 36.1 Å². The lowest BCUT2D eigenvalue weighted by Gasteiger charge is -2.17. The molecule has 1 saturated heterocycles. The van der Waals surface area contributed by atoms with Crippen molar-refractivity contribution < 1.29 is 4.74 Å². The summed E-state index contributed by atoms with van der Waals surface area (Å²) < 4.78 is 5.46. The summed E-state index contributed by atoms with van der Waals surface area (Å²) in [6, 6.07) is 4.33. The summed E-state index contributed by atoms with van der Waals surface area (Å²) in [5.74, 6) is 0.544. The van der Waals surface area contributed by atoms with Gasteiger partial charge in [0.25, 0.3) is 0 Å². The molecule has 1 aliphatic rings. The summed E-state index contributed by atoms with van der Waals surface area (Å²) in [5, 5.41) is 0. The molecule has 0 unspecified atom stereocenters. The second kappa shape index (κ2) is 4.93. The van der Waals surface area contributed by atoms with E-state index >= 15 is 0 Å². The highest BCUT2D eigenvalue weighted by atomic mass is 16.5. The topological polar surface area (TPSA) is 25.4 Å². The molecule has 88 valence electrons. The second-order valence-corrected chi connectivity index (χ2v) is 4.79. The van der Waals surface area contributed by atoms with Crippen molar-refractivity contribution in [3.05, 3.63) is 29.1 Å². The van der Waals surface area contributed by atoms with Crippen LogP contribution in [0.4, 0.5) is 0 Å². The normalized spacial score (nSPS) is 20.6. The van der Waals surface area contributed by atoms with Crippen molar-refractivity contribution in [3.63, 3.8) is 0 Å². The number of ether oxygens (including phenoxy) is 1. The van der Waals surface area contributed by atoms with Crippen molar-refractivity contribution in [3.8, 4) is 0 Å². The molecule has 0 saturated carbocycles. The van der Waals surface area contributed by atoms with Crippen molar-refractivity contribution >= 4 is 0 Å². The van der Waals surface area contributed by atoms with E-state index in [1.165, 1.54) is 11.3 Å². The van der Waals surface area contributed by atoms with Crippen molar-refractivity contribution in [2.45, 2.75) is 25.8 Å². The van der Waals surface area contributed by atoms with Crippen molar-refractivity contribution in [1.82, 2.24) is 9.88 Å². The van der Waals surface area contributed by atoms with E-state index in [-0.39, 0.29) is 0 Å². The Kier molecular flexibility index (Phi) is 3.56. The Bertz CT molecular complexity index is 357. The molecule has 0 bridgehead atoms. The van der Waals surface area contributed by atoms with Crippen LogP contribution in [-0.4, -0.2) is 37.2 Å². The molecule has 1 fully saturated rings. The molecule has 1 atom stereocenters. The largest absolute Gasteiger partial charge is 0.381 e. The van der Waals surface area contributed by atoms with Crippen LogP contribution < -0.4 is 0 Å². The number of hydrogen-bond acceptors (Lipinski definition) is 3. The molecule has 1 aliphatic heterocycles. The fourth-order valence-corrected chi connectivity index (χ4v) is 2.20. The minimum Gasteiger partial charge on any atom is -0.381 e. The smallest absolute Gasteiger partial charge is 0.0582 e. The van der Waals surface area contributed by atoms with Crippen LogP contribution >= 0.6 is 0 Å². The molecule has 16 heavy (non-hydrogen) atoms. The summed E-state index contributed by atoms with van der Waals surface area (Å²) in [6.45, 7) is 4.70. The number of pyridine rings is 1. The van der Waals surface area contributed by atoms with Crippen LogP contribution in [0.25, 0.3) is 0 Å². The minimum absolute atomic E-state index is 0.544. The van der Waals surface area contributed by atoms with Gasteiger partial charge >= 0.3 is 0 Å². The van der Waals surface area contributed by atoms with Crippen molar-refractivity contribution in [2.24, 2.45) is 0 Å². The Morgan fingerprint density at radius 3 is 2.88 bits per heavy atom. The van der Waals surface area contributed by atoms with E-state index in [0.717, 1.165) is 31.9 Å². The summed E-state index contributed by atoms with van der Waals surface area (Å²) in [4.78, 5) is 6.83. The average Bonchev–Trinajstić information content (AvgIpc) is 2.69. The fraction of sp³-hybridized carbons (Fsp3) is 0.615. The van der Waals surface area contributed by atoms with Crippen LogP contribution in [0.5, 0.6) is 0 Å². The summed E-state index contributed by atoms with van der Waals surface area (Å²) in [5.41, 5.74) is 3.68. The van der Waals surface area contributed by atoms with E-state index in [1.54, 1.807) is 0 Å². The van der Waals surface area contributed by atoms with Crippen LogP contribution in [0.2, 0.25) is 0 Å². The Hall–Kier alpha value is -0.930. The molecule has 0 spiro atoms. The summed E-state index contributed by atoms with van der Waals surface area (Å²) in [6.07, 6.45) is 1.13. The maximum Gasteiger partial charge on any atom is 0.0582 e. The summed E-state index contributed by atoms with van der Waals surface area (Å²) in [7, 11) is 4.16. The molecule has 0 aliphatic carbocycles. The zero-order valence-corrected chi connectivity index (χ0v) is 10.4. The molecular weight excluding hydrogens is 200 g/mol. The average molecular weight is 220 g/mol. The maximum atomic E-state index is 5.46. The third-order valence-corrected chi connectivity index (χ3v) is 2.98. The van der Waals surface area contributed by atoms with E-state index in [0.29, 0.717) is 5.92 Å². The van der Waals surface area contributed by atoms with Gasteiger partial charge in [-0.15, -0.1) is 0 Å². The van der Waals surface area contributed by atoms with Crippen LogP contribution in [-0.2, 0) is 11.3 Å². The molecule has 0 amide bonds. The highest BCUT2D eigenvalue weighted by molar-refractivity contribution is 5.27. The third-order valence-electron chi connectivity index (χ3n) is 2.98. The molecule has 0 aromatic carbocycles. The number of nitrogens with zero attached hydrogens (tertiary/aromatic N) is 2. The minimum atomic E-state index is 0.544. The Morgan fingerprint density at radius 2 is 2.25 bits per heavy atom. The van der Waals surface area contributed by atoms with Gasteiger partial charge in [0.1, 0.15) is 0 Å².